The Balaban J connectivity index is 1.59. The quantitative estimate of drug-likeness (QED) is 0.581. The van der Waals surface area contributed by atoms with Crippen molar-refractivity contribution in [1.82, 2.24) is 9.88 Å². The van der Waals surface area contributed by atoms with E-state index in [0.29, 0.717) is 25.3 Å². The Morgan fingerprint density at radius 1 is 1.14 bits per heavy atom. The van der Waals surface area contributed by atoms with Crippen LogP contribution >= 0.6 is 23.2 Å². The second kappa shape index (κ2) is 7.06. The van der Waals surface area contributed by atoms with Crippen LogP contribution in [0.1, 0.15) is 60.1 Å². The van der Waals surface area contributed by atoms with Gasteiger partial charge in [0.2, 0.25) is 0 Å². The molecule has 1 unspecified atom stereocenters. The van der Waals surface area contributed by atoms with Crippen LogP contribution in [-0.4, -0.2) is 35.5 Å². The fourth-order valence-electron chi connectivity index (χ4n) is 5.06. The predicted octanol–water partition coefficient (Wildman–Crippen LogP) is 5.19. The highest BCUT2D eigenvalue weighted by molar-refractivity contribution is 6.41. The van der Waals surface area contributed by atoms with E-state index in [1.807, 2.05) is 4.90 Å². The van der Waals surface area contributed by atoms with Gasteiger partial charge in [0, 0.05) is 18.2 Å². The normalized spacial score (nSPS) is 21.9. The highest BCUT2D eigenvalue weighted by Crippen LogP contribution is 2.52. The number of ether oxygens (including phenoxy) is 2. The Hall–Kier alpha value is -1.98. The number of rotatable bonds is 1. The van der Waals surface area contributed by atoms with Crippen LogP contribution in [0, 0.1) is 0 Å². The molecule has 1 aliphatic carbocycles. The number of aromatic nitrogens is 1. The third kappa shape index (κ3) is 3.06. The Morgan fingerprint density at radius 2 is 1.83 bits per heavy atom. The molecule has 0 radical (unpaired) electrons. The van der Waals surface area contributed by atoms with Crippen molar-refractivity contribution in [2.75, 3.05) is 19.8 Å². The predicted molar refractivity (Wildman–Crippen MR) is 111 cm³/mol. The molecular formula is C22H22Cl2N2O3. The number of nitrogens with zero attached hydrogens (tertiary/aromatic N) is 2. The summed E-state index contributed by atoms with van der Waals surface area (Å²) in [7, 11) is 0. The van der Waals surface area contributed by atoms with Gasteiger partial charge in [-0.05, 0) is 49.1 Å². The largest absolute Gasteiger partial charge is 0.486 e. The maximum absolute atomic E-state index is 13.4. The lowest BCUT2D eigenvalue weighted by molar-refractivity contribution is 0.0592. The van der Waals surface area contributed by atoms with Crippen molar-refractivity contribution >= 4 is 29.1 Å². The van der Waals surface area contributed by atoms with Crippen molar-refractivity contribution in [3.8, 4) is 11.5 Å². The minimum Gasteiger partial charge on any atom is -0.486 e. The summed E-state index contributed by atoms with van der Waals surface area (Å²) in [5.41, 5.74) is 2.86. The molecule has 5 rings (SSSR count). The fraction of sp³-hybridized carbons (Fsp3) is 0.455. The average Bonchev–Trinajstić information content (AvgIpc) is 3.20. The molecule has 1 amide bonds. The molecule has 2 aliphatic heterocycles. The van der Waals surface area contributed by atoms with Crippen molar-refractivity contribution in [3.05, 3.63) is 51.3 Å². The molecule has 0 bridgehead atoms. The molecule has 7 heteroatoms. The van der Waals surface area contributed by atoms with Gasteiger partial charge in [0.1, 0.15) is 18.4 Å². The third-order valence-electron chi connectivity index (χ3n) is 6.54. The molecule has 29 heavy (non-hydrogen) atoms. The van der Waals surface area contributed by atoms with E-state index in [1.54, 1.807) is 6.07 Å². The molecule has 0 saturated heterocycles. The monoisotopic (exact) mass is 432 g/mol. The smallest absolute Gasteiger partial charge is 0.256 e. The third-order valence-corrected chi connectivity index (χ3v) is 7.23. The molecular weight excluding hydrogens is 411 g/mol. The molecule has 5 nitrogen and oxygen atoms in total. The SMILES string of the molecule is CC1c2cc3c(cc2C2(CCCC2)CN1C(=O)c1cnc(Cl)c(Cl)c1)OCCO3. The average molecular weight is 433 g/mol. The van der Waals surface area contributed by atoms with Gasteiger partial charge in [0.25, 0.3) is 5.91 Å². The number of carbonyl (C=O) groups excluding carboxylic acids is 1. The van der Waals surface area contributed by atoms with Crippen molar-refractivity contribution in [2.24, 2.45) is 0 Å². The summed E-state index contributed by atoms with van der Waals surface area (Å²) in [4.78, 5) is 19.4. The van der Waals surface area contributed by atoms with Gasteiger partial charge in [0.15, 0.2) is 11.5 Å². The van der Waals surface area contributed by atoms with Gasteiger partial charge < -0.3 is 14.4 Å². The van der Waals surface area contributed by atoms with Gasteiger partial charge in [-0.3, -0.25) is 4.79 Å². The maximum atomic E-state index is 13.4. The lowest BCUT2D eigenvalue weighted by Crippen LogP contribution is -2.48. The molecule has 3 heterocycles. The lowest BCUT2D eigenvalue weighted by atomic mass is 9.71. The van der Waals surface area contributed by atoms with Gasteiger partial charge in [-0.25, -0.2) is 4.98 Å². The molecule has 1 saturated carbocycles. The number of hydrogen-bond donors (Lipinski definition) is 0. The number of halogens is 2. The number of hydrogen-bond acceptors (Lipinski definition) is 4. The summed E-state index contributed by atoms with van der Waals surface area (Å²) in [6, 6.07) is 5.75. The van der Waals surface area contributed by atoms with Gasteiger partial charge in [-0.1, -0.05) is 36.0 Å². The second-order valence-electron chi connectivity index (χ2n) is 8.18. The molecule has 1 aromatic carbocycles. The first-order chi connectivity index (χ1) is 14.0. The summed E-state index contributed by atoms with van der Waals surface area (Å²) in [5.74, 6) is 1.51. The molecule has 2 aromatic rings. The van der Waals surface area contributed by atoms with E-state index in [0.717, 1.165) is 29.9 Å². The number of benzene rings is 1. The number of pyridine rings is 1. The van der Waals surface area contributed by atoms with Crippen LogP contribution in [0.5, 0.6) is 11.5 Å². The van der Waals surface area contributed by atoms with Crippen molar-refractivity contribution in [1.29, 1.82) is 0 Å². The van der Waals surface area contributed by atoms with E-state index < -0.39 is 0 Å². The van der Waals surface area contributed by atoms with Crippen LogP contribution in [0.25, 0.3) is 0 Å². The van der Waals surface area contributed by atoms with Crippen LogP contribution < -0.4 is 9.47 Å². The van der Waals surface area contributed by atoms with E-state index in [-0.39, 0.29) is 27.5 Å². The summed E-state index contributed by atoms with van der Waals surface area (Å²) in [6.45, 7) is 3.87. The zero-order chi connectivity index (χ0) is 20.2. The number of fused-ring (bicyclic) bond motifs is 3. The van der Waals surface area contributed by atoms with Crippen LogP contribution in [0.3, 0.4) is 0 Å². The number of carbonyl (C=O) groups is 1. The molecule has 0 N–H and O–H groups in total. The van der Waals surface area contributed by atoms with Gasteiger partial charge in [-0.2, -0.15) is 0 Å². The minimum absolute atomic E-state index is 0.0447. The zero-order valence-corrected chi connectivity index (χ0v) is 17.7. The van der Waals surface area contributed by atoms with Crippen LogP contribution in [-0.2, 0) is 5.41 Å². The molecule has 3 aliphatic rings. The highest BCUT2D eigenvalue weighted by atomic mass is 35.5. The number of amides is 1. The van der Waals surface area contributed by atoms with E-state index >= 15 is 0 Å². The summed E-state index contributed by atoms with van der Waals surface area (Å²) < 4.78 is 11.7. The molecule has 1 aromatic heterocycles. The van der Waals surface area contributed by atoms with Crippen LogP contribution in [0.2, 0.25) is 10.2 Å². The summed E-state index contributed by atoms with van der Waals surface area (Å²) in [5, 5.41) is 0.495. The van der Waals surface area contributed by atoms with Crippen molar-refractivity contribution < 1.29 is 14.3 Å². The second-order valence-corrected chi connectivity index (χ2v) is 8.94. The Labute approximate surface area is 179 Å². The first-order valence-electron chi connectivity index (χ1n) is 10.0. The highest BCUT2D eigenvalue weighted by Gasteiger charge is 2.46. The van der Waals surface area contributed by atoms with E-state index in [4.69, 9.17) is 32.7 Å². The van der Waals surface area contributed by atoms with Gasteiger partial charge in [0.05, 0.1) is 16.6 Å². The first kappa shape index (κ1) is 19.0. The Kier molecular flexibility index (Phi) is 4.63. The standard InChI is InChI=1S/C22H22Cl2N2O3/c1-13-15-9-18-19(29-7-6-28-18)10-16(15)22(4-2-3-5-22)12-26(13)21(27)14-8-17(23)20(24)25-11-14/h8-11,13H,2-7,12H2,1H3. The van der Waals surface area contributed by atoms with Crippen molar-refractivity contribution in [3.63, 3.8) is 0 Å². The minimum atomic E-state index is -0.0889. The van der Waals surface area contributed by atoms with E-state index in [2.05, 4.69) is 24.0 Å². The lowest BCUT2D eigenvalue weighted by Gasteiger charge is -2.46. The summed E-state index contributed by atoms with van der Waals surface area (Å²) >= 11 is 12.1. The Morgan fingerprint density at radius 3 is 2.52 bits per heavy atom. The van der Waals surface area contributed by atoms with Crippen LogP contribution in [0.15, 0.2) is 24.4 Å². The van der Waals surface area contributed by atoms with E-state index in [1.165, 1.54) is 24.6 Å². The molecule has 1 fully saturated rings. The van der Waals surface area contributed by atoms with Gasteiger partial charge in [-0.15, -0.1) is 0 Å². The molecule has 1 atom stereocenters. The van der Waals surface area contributed by atoms with Crippen LogP contribution in [0.4, 0.5) is 0 Å². The fourth-order valence-corrected chi connectivity index (χ4v) is 5.33. The molecule has 152 valence electrons. The molecule has 1 spiro atoms. The van der Waals surface area contributed by atoms with E-state index in [9.17, 15) is 4.79 Å². The van der Waals surface area contributed by atoms with Crippen molar-refractivity contribution in [2.45, 2.75) is 44.1 Å². The Bertz CT molecular complexity index is 988. The maximum Gasteiger partial charge on any atom is 0.256 e. The van der Waals surface area contributed by atoms with Gasteiger partial charge >= 0.3 is 0 Å². The first-order valence-corrected chi connectivity index (χ1v) is 10.8. The topological polar surface area (TPSA) is 51.7 Å². The summed E-state index contributed by atoms with van der Waals surface area (Å²) in [6.07, 6.45) is 5.96. The zero-order valence-electron chi connectivity index (χ0n) is 16.2.